The largest absolute Gasteiger partial charge is 0.503 e. The van der Waals surface area contributed by atoms with Gasteiger partial charge in [-0.2, -0.15) is 0 Å². The van der Waals surface area contributed by atoms with Crippen LogP contribution in [0.5, 0.6) is 0 Å². The number of hydrogen-bond acceptors (Lipinski definition) is 4. The van der Waals surface area contributed by atoms with Gasteiger partial charge in [0, 0.05) is 0 Å². The van der Waals surface area contributed by atoms with Crippen LogP contribution >= 0.6 is 22.9 Å². The van der Waals surface area contributed by atoms with E-state index in [0.29, 0.717) is 10.6 Å². The van der Waals surface area contributed by atoms with Crippen molar-refractivity contribution in [2.24, 2.45) is 0 Å². The fourth-order valence-corrected chi connectivity index (χ4v) is 2.77. The minimum atomic E-state index is -1.09. The Hall–Kier alpha value is -2.11. The van der Waals surface area contributed by atoms with Crippen molar-refractivity contribution in [3.8, 4) is 0 Å². The third-order valence-electron chi connectivity index (χ3n) is 2.57. The number of ether oxygens (including phenoxy) is 1. The van der Waals surface area contributed by atoms with Crippen LogP contribution in [-0.2, 0) is 9.53 Å². The van der Waals surface area contributed by atoms with Gasteiger partial charge in [-0.3, -0.25) is 0 Å². The standard InChI is InChI=1S/C15H12ClNO3S/c1-20-9-11(14(18)19)13-12(17-15(16)21-13)8-7-10-5-3-2-4-6-10/h2-9H,1H3,(H,18,19)/b8-7+,11-9+. The summed E-state index contributed by atoms with van der Waals surface area (Å²) < 4.78 is 5.09. The Balaban J connectivity index is 2.39. The lowest BCUT2D eigenvalue weighted by Gasteiger charge is -2.00. The van der Waals surface area contributed by atoms with Gasteiger partial charge in [0.15, 0.2) is 4.47 Å². The lowest BCUT2D eigenvalue weighted by Crippen LogP contribution is -2.00. The Kier molecular flexibility index (Phi) is 5.14. The molecule has 0 aliphatic rings. The number of nitrogens with zero attached hydrogens (tertiary/aromatic N) is 1. The average Bonchev–Trinajstić information content (AvgIpc) is 2.84. The van der Waals surface area contributed by atoms with Gasteiger partial charge in [-0.05, 0) is 11.6 Å². The summed E-state index contributed by atoms with van der Waals surface area (Å²) in [5, 5.41) is 9.24. The summed E-state index contributed by atoms with van der Waals surface area (Å²) in [6.07, 6.45) is 4.76. The molecule has 0 aliphatic heterocycles. The van der Waals surface area contributed by atoms with Gasteiger partial charge in [0.2, 0.25) is 0 Å². The summed E-state index contributed by atoms with van der Waals surface area (Å²) in [5.74, 6) is -1.09. The number of carboxylic acid groups (broad SMARTS) is 1. The molecule has 2 rings (SSSR count). The molecule has 0 radical (unpaired) electrons. The molecule has 0 unspecified atom stereocenters. The van der Waals surface area contributed by atoms with E-state index in [1.165, 1.54) is 13.4 Å². The van der Waals surface area contributed by atoms with E-state index in [2.05, 4.69) is 4.98 Å². The van der Waals surface area contributed by atoms with Gasteiger partial charge < -0.3 is 9.84 Å². The first-order chi connectivity index (χ1) is 10.1. The fraction of sp³-hybridized carbons (Fsp3) is 0.0667. The topological polar surface area (TPSA) is 59.4 Å². The summed E-state index contributed by atoms with van der Waals surface area (Å²) in [5.41, 5.74) is 1.51. The molecule has 6 heteroatoms. The Morgan fingerprint density at radius 1 is 1.33 bits per heavy atom. The van der Waals surface area contributed by atoms with Crippen molar-refractivity contribution in [2.45, 2.75) is 0 Å². The molecule has 1 N–H and O–H groups in total. The molecule has 0 spiro atoms. The van der Waals surface area contributed by atoms with Crippen LogP contribution < -0.4 is 0 Å². The summed E-state index contributed by atoms with van der Waals surface area (Å²) in [6, 6.07) is 9.64. The van der Waals surface area contributed by atoms with Gasteiger partial charge >= 0.3 is 5.97 Å². The molecule has 21 heavy (non-hydrogen) atoms. The van der Waals surface area contributed by atoms with Crippen molar-refractivity contribution in [1.82, 2.24) is 4.98 Å². The molecule has 4 nitrogen and oxygen atoms in total. The molecule has 0 amide bonds. The first kappa shape index (κ1) is 15.3. The number of benzene rings is 1. The smallest absolute Gasteiger partial charge is 0.340 e. The van der Waals surface area contributed by atoms with Crippen LogP contribution in [0.15, 0.2) is 36.6 Å². The number of thiazole rings is 1. The van der Waals surface area contributed by atoms with Gasteiger partial charge in [0.1, 0.15) is 5.57 Å². The zero-order valence-corrected chi connectivity index (χ0v) is 12.7. The Labute approximate surface area is 131 Å². The fourth-order valence-electron chi connectivity index (χ4n) is 1.67. The van der Waals surface area contributed by atoms with E-state index < -0.39 is 5.97 Å². The number of aromatic nitrogens is 1. The molecule has 0 fully saturated rings. The van der Waals surface area contributed by atoms with Crippen LogP contribution in [0.1, 0.15) is 16.1 Å². The first-order valence-electron chi connectivity index (χ1n) is 5.98. The van der Waals surface area contributed by atoms with E-state index in [-0.39, 0.29) is 10.0 Å². The third-order valence-corrected chi connectivity index (χ3v) is 3.78. The summed E-state index contributed by atoms with van der Waals surface area (Å²) >= 11 is 7.01. The first-order valence-corrected chi connectivity index (χ1v) is 7.17. The van der Waals surface area contributed by atoms with Crippen molar-refractivity contribution in [3.63, 3.8) is 0 Å². The van der Waals surface area contributed by atoms with Crippen LogP contribution in [0, 0.1) is 0 Å². The van der Waals surface area contributed by atoms with E-state index in [0.717, 1.165) is 16.9 Å². The highest BCUT2D eigenvalue weighted by atomic mass is 35.5. The molecule has 1 heterocycles. The number of carbonyl (C=O) groups is 1. The van der Waals surface area contributed by atoms with E-state index in [9.17, 15) is 9.90 Å². The SMILES string of the molecule is CO/C=C(/C(=O)O)c1sc(Cl)nc1/C=C/c1ccccc1. The average molecular weight is 322 g/mol. The molecule has 108 valence electrons. The van der Waals surface area contributed by atoms with Gasteiger partial charge in [-0.1, -0.05) is 48.0 Å². The minimum Gasteiger partial charge on any atom is -0.503 e. The van der Waals surface area contributed by atoms with Crippen molar-refractivity contribution < 1.29 is 14.6 Å². The highest BCUT2D eigenvalue weighted by molar-refractivity contribution is 7.17. The second-order valence-electron chi connectivity index (χ2n) is 4.00. The molecular weight excluding hydrogens is 310 g/mol. The van der Waals surface area contributed by atoms with Crippen molar-refractivity contribution >= 4 is 46.6 Å². The van der Waals surface area contributed by atoms with Gasteiger partial charge in [-0.15, -0.1) is 11.3 Å². The molecule has 0 bridgehead atoms. The Morgan fingerprint density at radius 2 is 2.05 bits per heavy atom. The lowest BCUT2D eigenvalue weighted by atomic mass is 10.1. The van der Waals surface area contributed by atoms with Gasteiger partial charge in [0.25, 0.3) is 0 Å². The van der Waals surface area contributed by atoms with Crippen LogP contribution in [-0.4, -0.2) is 23.2 Å². The summed E-state index contributed by atoms with van der Waals surface area (Å²) in [6.45, 7) is 0. The monoisotopic (exact) mass is 321 g/mol. The maximum atomic E-state index is 11.3. The molecular formula is C15H12ClNO3S. The second kappa shape index (κ2) is 7.06. The third kappa shape index (κ3) is 3.93. The molecule has 1 aromatic heterocycles. The van der Waals surface area contributed by atoms with Crippen molar-refractivity contribution in [3.05, 3.63) is 57.2 Å². The molecule has 0 aliphatic carbocycles. The highest BCUT2D eigenvalue weighted by Crippen LogP contribution is 2.31. The number of aliphatic carboxylic acids is 1. The highest BCUT2D eigenvalue weighted by Gasteiger charge is 2.18. The summed E-state index contributed by atoms with van der Waals surface area (Å²) in [7, 11) is 1.39. The van der Waals surface area contributed by atoms with Crippen LogP contribution in [0.2, 0.25) is 4.47 Å². The van der Waals surface area contributed by atoms with Gasteiger partial charge in [0.05, 0.1) is 23.9 Å². The number of hydrogen-bond donors (Lipinski definition) is 1. The van der Waals surface area contributed by atoms with E-state index in [4.69, 9.17) is 16.3 Å². The number of rotatable bonds is 5. The van der Waals surface area contributed by atoms with E-state index in [1.807, 2.05) is 36.4 Å². The predicted molar refractivity (Wildman–Crippen MR) is 85.1 cm³/mol. The molecule has 1 aromatic carbocycles. The zero-order valence-electron chi connectivity index (χ0n) is 11.1. The maximum absolute atomic E-state index is 11.3. The van der Waals surface area contributed by atoms with Crippen LogP contribution in [0.4, 0.5) is 0 Å². The molecule has 0 atom stereocenters. The molecule has 0 saturated carbocycles. The summed E-state index contributed by atoms with van der Waals surface area (Å²) in [4.78, 5) is 15.9. The quantitative estimate of drug-likeness (QED) is 0.667. The lowest BCUT2D eigenvalue weighted by molar-refractivity contribution is -0.130. The normalized spacial score (nSPS) is 11.8. The molecule has 0 saturated heterocycles. The van der Waals surface area contributed by atoms with Crippen LogP contribution in [0.3, 0.4) is 0 Å². The van der Waals surface area contributed by atoms with Crippen molar-refractivity contribution in [1.29, 1.82) is 0 Å². The maximum Gasteiger partial charge on any atom is 0.340 e. The van der Waals surface area contributed by atoms with E-state index >= 15 is 0 Å². The number of carboxylic acids is 1. The zero-order chi connectivity index (χ0) is 15.2. The van der Waals surface area contributed by atoms with Gasteiger partial charge in [-0.25, -0.2) is 9.78 Å². The minimum absolute atomic E-state index is 0.0228. The van der Waals surface area contributed by atoms with Crippen molar-refractivity contribution in [2.75, 3.05) is 7.11 Å². The number of methoxy groups -OCH3 is 1. The molecule has 2 aromatic rings. The Morgan fingerprint density at radius 3 is 2.67 bits per heavy atom. The number of halogens is 1. The van der Waals surface area contributed by atoms with Crippen LogP contribution in [0.25, 0.3) is 17.7 Å². The van der Waals surface area contributed by atoms with E-state index in [1.54, 1.807) is 6.08 Å². The predicted octanol–water partition coefficient (Wildman–Crippen LogP) is 4.04. The second-order valence-corrected chi connectivity index (χ2v) is 5.58. The Bertz CT molecular complexity index is 692.